The zero-order valence-electron chi connectivity index (χ0n) is 16.3. The van der Waals surface area contributed by atoms with Gasteiger partial charge in [-0.3, -0.25) is 14.5 Å². The lowest BCUT2D eigenvalue weighted by molar-refractivity contribution is -0.126. The lowest BCUT2D eigenvalue weighted by Gasteiger charge is -2.35. The number of amides is 2. The second-order valence-corrected chi connectivity index (χ2v) is 8.17. The summed E-state index contributed by atoms with van der Waals surface area (Å²) in [6.45, 7) is 3.74. The van der Waals surface area contributed by atoms with Crippen molar-refractivity contribution in [2.45, 2.75) is 38.1 Å². The van der Waals surface area contributed by atoms with E-state index in [1.165, 1.54) is 6.42 Å². The van der Waals surface area contributed by atoms with Gasteiger partial charge in [-0.15, -0.1) is 0 Å². The van der Waals surface area contributed by atoms with E-state index in [2.05, 4.69) is 10.2 Å². The summed E-state index contributed by atoms with van der Waals surface area (Å²) < 4.78 is 0. The summed E-state index contributed by atoms with van der Waals surface area (Å²) in [5.41, 5.74) is 0.593. The van der Waals surface area contributed by atoms with Gasteiger partial charge in [0.2, 0.25) is 5.91 Å². The van der Waals surface area contributed by atoms with Crippen LogP contribution in [0.3, 0.4) is 0 Å². The van der Waals surface area contributed by atoms with Crippen LogP contribution in [0, 0.1) is 5.92 Å². The van der Waals surface area contributed by atoms with Crippen LogP contribution in [0.1, 0.15) is 42.5 Å². The van der Waals surface area contributed by atoms with E-state index in [0.717, 1.165) is 25.9 Å². The van der Waals surface area contributed by atoms with Gasteiger partial charge < -0.3 is 15.3 Å². The molecule has 0 bridgehead atoms. The van der Waals surface area contributed by atoms with E-state index in [9.17, 15) is 14.7 Å². The summed E-state index contributed by atoms with van der Waals surface area (Å²) in [5.74, 6) is 0.00678. The molecule has 2 amide bonds. The van der Waals surface area contributed by atoms with Crippen LogP contribution in [0.2, 0.25) is 5.02 Å². The average molecular weight is 408 g/mol. The molecular weight excluding hydrogens is 378 g/mol. The normalized spacial score (nSPS) is 21.5. The fourth-order valence-corrected chi connectivity index (χ4v) is 4.37. The van der Waals surface area contributed by atoms with Gasteiger partial charge in [0.05, 0.1) is 6.61 Å². The van der Waals surface area contributed by atoms with Crippen molar-refractivity contribution in [2.75, 3.05) is 39.3 Å². The molecule has 2 N–H and O–H groups in total. The summed E-state index contributed by atoms with van der Waals surface area (Å²) >= 11 is 5.97. The Morgan fingerprint density at radius 1 is 1.14 bits per heavy atom. The van der Waals surface area contributed by atoms with E-state index in [0.29, 0.717) is 43.1 Å². The molecule has 0 aromatic heterocycles. The summed E-state index contributed by atoms with van der Waals surface area (Å²) in [4.78, 5) is 29.1. The first-order chi connectivity index (χ1) is 13.6. The summed E-state index contributed by atoms with van der Waals surface area (Å²) in [6.07, 6.45) is 4.72. The Bertz CT molecular complexity index is 677. The third-order valence-electron chi connectivity index (χ3n) is 5.88. The molecule has 2 aliphatic heterocycles. The Morgan fingerprint density at radius 2 is 1.93 bits per heavy atom. The molecule has 0 saturated carbocycles. The van der Waals surface area contributed by atoms with Crippen molar-refractivity contribution in [1.29, 1.82) is 0 Å². The molecule has 1 aromatic carbocycles. The Hall–Kier alpha value is -1.63. The van der Waals surface area contributed by atoms with E-state index >= 15 is 0 Å². The zero-order chi connectivity index (χ0) is 19.9. The first kappa shape index (κ1) is 21.1. The van der Waals surface area contributed by atoms with Gasteiger partial charge in [-0.1, -0.05) is 24.1 Å². The number of piperidine rings is 2. The van der Waals surface area contributed by atoms with Gasteiger partial charge in [0.15, 0.2) is 0 Å². The van der Waals surface area contributed by atoms with Crippen molar-refractivity contribution in [3.63, 3.8) is 0 Å². The number of likely N-dealkylation sites (tertiary alicyclic amines) is 2. The lowest BCUT2D eigenvalue weighted by Crippen LogP contribution is -2.47. The number of benzene rings is 1. The number of nitrogens with one attached hydrogen (secondary N) is 1. The Balaban J connectivity index is 1.40. The van der Waals surface area contributed by atoms with Gasteiger partial charge in [0.25, 0.3) is 5.91 Å². The number of hydrogen-bond acceptors (Lipinski definition) is 4. The van der Waals surface area contributed by atoms with Crippen molar-refractivity contribution in [1.82, 2.24) is 15.1 Å². The van der Waals surface area contributed by atoms with Gasteiger partial charge in [0, 0.05) is 48.7 Å². The van der Waals surface area contributed by atoms with Crippen LogP contribution < -0.4 is 5.32 Å². The molecule has 1 unspecified atom stereocenters. The van der Waals surface area contributed by atoms with E-state index in [4.69, 9.17) is 11.6 Å². The molecule has 0 aliphatic carbocycles. The molecule has 154 valence electrons. The minimum absolute atomic E-state index is 0.0264. The van der Waals surface area contributed by atoms with Crippen molar-refractivity contribution in [3.8, 4) is 0 Å². The average Bonchev–Trinajstić information content (AvgIpc) is 2.73. The van der Waals surface area contributed by atoms with Crippen LogP contribution in [0.25, 0.3) is 0 Å². The van der Waals surface area contributed by atoms with Crippen LogP contribution in [-0.2, 0) is 4.79 Å². The van der Waals surface area contributed by atoms with Gasteiger partial charge >= 0.3 is 0 Å². The van der Waals surface area contributed by atoms with Crippen molar-refractivity contribution < 1.29 is 14.7 Å². The first-order valence-electron chi connectivity index (χ1n) is 10.3. The second kappa shape index (κ2) is 10.2. The third-order valence-corrected chi connectivity index (χ3v) is 6.12. The van der Waals surface area contributed by atoms with Crippen LogP contribution in [0.15, 0.2) is 24.3 Å². The number of rotatable bonds is 6. The Labute approximate surface area is 171 Å². The molecule has 2 fully saturated rings. The maximum atomic E-state index is 12.6. The predicted octanol–water partition coefficient (Wildman–Crippen LogP) is 2.16. The second-order valence-electron chi connectivity index (χ2n) is 7.74. The van der Waals surface area contributed by atoms with Crippen molar-refractivity contribution in [3.05, 3.63) is 34.9 Å². The number of nitrogens with zero attached hydrogens (tertiary/aromatic N) is 2. The lowest BCUT2D eigenvalue weighted by atomic mass is 9.95. The third kappa shape index (κ3) is 5.46. The maximum Gasteiger partial charge on any atom is 0.253 e. The summed E-state index contributed by atoms with van der Waals surface area (Å²) in [6, 6.07) is 7.21. The van der Waals surface area contributed by atoms with Crippen LogP contribution in [-0.4, -0.2) is 72.1 Å². The molecule has 3 rings (SSSR count). The predicted molar refractivity (Wildman–Crippen MR) is 109 cm³/mol. The van der Waals surface area contributed by atoms with Crippen LogP contribution in [0.5, 0.6) is 0 Å². The highest BCUT2D eigenvalue weighted by Crippen LogP contribution is 2.21. The fourth-order valence-electron chi connectivity index (χ4n) is 4.18. The van der Waals surface area contributed by atoms with Crippen molar-refractivity contribution in [2.24, 2.45) is 5.92 Å². The molecule has 2 heterocycles. The quantitative estimate of drug-likeness (QED) is 0.757. The van der Waals surface area contributed by atoms with Crippen LogP contribution in [0.4, 0.5) is 0 Å². The number of aliphatic hydroxyl groups excluding tert-OH is 1. The number of halogens is 1. The molecule has 0 radical (unpaired) electrons. The summed E-state index contributed by atoms with van der Waals surface area (Å²) in [7, 11) is 0. The molecular formula is C21H30ClN3O3. The molecule has 1 aromatic rings. The van der Waals surface area contributed by atoms with Crippen LogP contribution >= 0.6 is 11.6 Å². The Morgan fingerprint density at radius 3 is 2.64 bits per heavy atom. The highest BCUT2D eigenvalue weighted by atomic mass is 35.5. The minimum Gasteiger partial charge on any atom is -0.395 e. The van der Waals surface area contributed by atoms with E-state index in [-0.39, 0.29) is 30.4 Å². The largest absolute Gasteiger partial charge is 0.395 e. The monoisotopic (exact) mass is 407 g/mol. The number of carbonyl (C=O) groups excluding carboxylic acids is 2. The summed E-state index contributed by atoms with van der Waals surface area (Å²) in [5, 5.41) is 13.1. The zero-order valence-corrected chi connectivity index (χ0v) is 17.0. The fraction of sp³-hybridized carbons (Fsp3) is 0.619. The van der Waals surface area contributed by atoms with E-state index in [1.54, 1.807) is 29.2 Å². The Kier molecular flexibility index (Phi) is 7.71. The standard InChI is InChI=1S/C21H30ClN3O3/c22-18-5-3-4-17(14-18)21(28)25-11-7-16(8-12-25)20(27)23-9-13-24-10-2-1-6-19(24)15-26/h3-5,14,16,19,26H,1-2,6-13,15H2,(H,23,27). The molecule has 28 heavy (non-hydrogen) atoms. The molecule has 2 saturated heterocycles. The SMILES string of the molecule is O=C(NCCN1CCCCC1CO)C1CCN(C(=O)c2cccc(Cl)c2)CC1. The first-order valence-corrected chi connectivity index (χ1v) is 10.6. The smallest absolute Gasteiger partial charge is 0.253 e. The number of aliphatic hydroxyl groups is 1. The number of hydrogen-bond donors (Lipinski definition) is 2. The highest BCUT2D eigenvalue weighted by molar-refractivity contribution is 6.30. The maximum absolute atomic E-state index is 12.6. The molecule has 0 spiro atoms. The highest BCUT2D eigenvalue weighted by Gasteiger charge is 2.28. The minimum atomic E-state index is -0.0431. The van der Waals surface area contributed by atoms with Gasteiger partial charge in [-0.25, -0.2) is 0 Å². The van der Waals surface area contributed by atoms with E-state index < -0.39 is 0 Å². The molecule has 6 nitrogen and oxygen atoms in total. The molecule has 7 heteroatoms. The topological polar surface area (TPSA) is 72.9 Å². The molecule has 2 aliphatic rings. The van der Waals surface area contributed by atoms with Gasteiger partial charge in [-0.05, 0) is 50.4 Å². The van der Waals surface area contributed by atoms with Gasteiger partial charge in [0.1, 0.15) is 0 Å². The van der Waals surface area contributed by atoms with E-state index in [1.807, 2.05) is 0 Å². The number of carbonyl (C=O) groups is 2. The van der Waals surface area contributed by atoms with Crippen molar-refractivity contribution >= 4 is 23.4 Å². The molecule has 1 atom stereocenters. The van der Waals surface area contributed by atoms with Gasteiger partial charge in [-0.2, -0.15) is 0 Å².